The first-order chi connectivity index (χ1) is 13.4. The molecule has 0 amide bonds. The Kier molecular flexibility index (Phi) is 4.72. The van der Waals surface area contributed by atoms with Crippen molar-refractivity contribution in [1.29, 1.82) is 0 Å². The lowest BCUT2D eigenvalue weighted by Gasteiger charge is -2.28. The molecule has 0 aromatic heterocycles. The maximum atomic E-state index is 8.15. The van der Waals surface area contributed by atoms with E-state index in [0.717, 1.165) is 18.3 Å². The van der Waals surface area contributed by atoms with Gasteiger partial charge < -0.3 is 0 Å². The van der Waals surface area contributed by atoms with Crippen LogP contribution in [0.25, 0.3) is 11.1 Å². The molecular weight excluding hydrogens is 312 g/mol. The molecule has 0 atom stereocenters. The van der Waals surface area contributed by atoms with Gasteiger partial charge in [-0.05, 0) is 53.5 Å². The van der Waals surface area contributed by atoms with Gasteiger partial charge in [0.15, 0.2) is 0 Å². The zero-order chi connectivity index (χ0) is 20.3. The number of rotatable bonds is 6. The van der Waals surface area contributed by atoms with Gasteiger partial charge >= 0.3 is 0 Å². The Morgan fingerprint density at radius 1 is 0.875 bits per heavy atom. The first kappa shape index (κ1) is 13.0. The first-order valence-electron chi connectivity index (χ1n) is 11.3. The zero-order valence-electron chi connectivity index (χ0n) is 18.5. The van der Waals surface area contributed by atoms with Crippen LogP contribution in [0.1, 0.15) is 62.9 Å². The minimum Gasteiger partial charge on any atom is -0.0843 e. The summed E-state index contributed by atoms with van der Waals surface area (Å²) in [5.74, 6) is 1.78. The Hall–Kier alpha value is -1.27. The normalized spacial score (nSPS) is 23.2. The maximum absolute atomic E-state index is 8.15. The van der Waals surface area contributed by atoms with Crippen molar-refractivity contribution < 1.29 is 5.48 Å². The summed E-state index contributed by atoms with van der Waals surface area (Å²) < 4.78 is 32.1. The van der Waals surface area contributed by atoms with Crippen molar-refractivity contribution in [1.82, 2.24) is 0 Å². The van der Waals surface area contributed by atoms with Gasteiger partial charge in [0, 0.05) is 5.02 Å². The van der Waals surface area contributed by atoms with Crippen molar-refractivity contribution in [2.75, 3.05) is 0 Å². The molecule has 24 heavy (non-hydrogen) atoms. The van der Waals surface area contributed by atoms with Crippen LogP contribution in [0.2, 0.25) is 5.02 Å². The van der Waals surface area contributed by atoms with E-state index in [1.165, 1.54) is 50.5 Å². The average molecular weight is 345 g/mol. The van der Waals surface area contributed by atoms with Crippen molar-refractivity contribution in [3.05, 3.63) is 59.0 Å². The third-order valence-corrected chi connectivity index (χ3v) is 5.53. The monoisotopic (exact) mass is 344 g/mol. The molecule has 0 spiro atoms. The molecule has 1 aliphatic carbocycles. The summed E-state index contributed by atoms with van der Waals surface area (Å²) in [5, 5.41) is -0.121. The van der Waals surface area contributed by atoms with Gasteiger partial charge in [0.2, 0.25) is 0 Å². The highest BCUT2D eigenvalue weighted by Gasteiger charge is 2.20. The van der Waals surface area contributed by atoms with Crippen molar-refractivity contribution in [2.24, 2.45) is 11.8 Å². The smallest absolute Gasteiger partial charge is 0.0639 e. The average Bonchev–Trinajstić information content (AvgIpc) is 2.71. The second kappa shape index (κ2) is 8.72. The summed E-state index contributed by atoms with van der Waals surface area (Å²) >= 11 is 5.90. The fourth-order valence-electron chi connectivity index (χ4n) is 3.87. The first-order valence-corrected chi connectivity index (χ1v) is 9.65. The molecule has 0 nitrogen and oxygen atoms in total. The fourth-order valence-corrected chi connectivity index (χ4v) is 3.96. The van der Waals surface area contributed by atoms with Crippen molar-refractivity contribution >= 4 is 11.6 Å². The van der Waals surface area contributed by atoms with Crippen LogP contribution in [0.3, 0.4) is 0 Å². The third-order valence-electron chi connectivity index (χ3n) is 5.34. The van der Waals surface area contributed by atoms with Crippen LogP contribution in [0, 0.1) is 11.8 Å². The van der Waals surface area contributed by atoms with E-state index in [2.05, 4.69) is 19.1 Å². The van der Waals surface area contributed by atoms with E-state index < -0.39 is 0 Å². The summed E-state index contributed by atoms with van der Waals surface area (Å²) in [6, 6.07) is 7.40. The molecule has 1 fully saturated rings. The number of halogens is 1. The van der Waals surface area contributed by atoms with E-state index in [9.17, 15) is 0 Å². The maximum Gasteiger partial charge on any atom is 0.0639 e. The topological polar surface area (TPSA) is 0 Å². The van der Waals surface area contributed by atoms with Crippen LogP contribution in [0.4, 0.5) is 0 Å². The summed E-state index contributed by atoms with van der Waals surface area (Å²) in [7, 11) is 0. The number of hydrogen-bond donors (Lipinski definition) is 0. The quantitative estimate of drug-likeness (QED) is 0.507. The standard InChI is InChI=1S/C23H29Cl/c1-2-3-18-4-6-19(7-5-18)8-9-20-10-12-21(13-11-20)22-14-16-23(24)17-15-22/h10-19H,2-9H2,1H3/i14D,15D,16D,17D. The number of aryl methyl sites for hydroxylation is 1. The van der Waals surface area contributed by atoms with E-state index in [1.54, 1.807) is 0 Å². The number of hydrogen-bond acceptors (Lipinski definition) is 0. The van der Waals surface area contributed by atoms with Crippen molar-refractivity contribution in [3.63, 3.8) is 0 Å². The molecule has 0 aliphatic heterocycles. The lowest BCUT2D eigenvalue weighted by Crippen LogP contribution is -2.15. The lowest BCUT2D eigenvalue weighted by atomic mass is 9.78. The molecule has 0 N–H and O–H groups in total. The lowest BCUT2D eigenvalue weighted by molar-refractivity contribution is 0.252. The van der Waals surface area contributed by atoms with Crippen molar-refractivity contribution in [2.45, 2.75) is 58.3 Å². The summed E-state index contributed by atoms with van der Waals surface area (Å²) in [5.41, 5.74) is 2.29. The molecule has 1 heteroatoms. The summed E-state index contributed by atoms with van der Waals surface area (Å²) in [4.78, 5) is 0. The van der Waals surface area contributed by atoms with Gasteiger partial charge in [-0.25, -0.2) is 0 Å². The van der Waals surface area contributed by atoms with Crippen LogP contribution < -0.4 is 0 Å². The van der Waals surface area contributed by atoms with E-state index in [0.29, 0.717) is 11.1 Å². The Morgan fingerprint density at radius 3 is 2.04 bits per heavy atom. The van der Waals surface area contributed by atoms with E-state index in [1.807, 2.05) is 12.1 Å². The van der Waals surface area contributed by atoms with E-state index in [-0.39, 0.29) is 29.2 Å². The van der Waals surface area contributed by atoms with Crippen LogP contribution in [-0.2, 0) is 6.42 Å². The molecule has 0 bridgehead atoms. The number of benzene rings is 2. The largest absolute Gasteiger partial charge is 0.0843 e. The molecule has 2 aromatic rings. The Morgan fingerprint density at radius 2 is 1.46 bits per heavy atom. The van der Waals surface area contributed by atoms with Gasteiger partial charge in [-0.1, -0.05) is 93.4 Å². The van der Waals surface area contributed by atoms with Gasteiger partial charge in [-0.15, -0.1) is 0 Å². The molecule has 2 aromatic carbocycles. The molecule has 0 saturated heterocycles. The highest BCUT2D eigenvalue weighted by Crippen LogP contribution is 2.34. The molecule has 0 radical (unpaired) electrons. The molecule has 1 aliphatic rings. The zero-order valence-corrected chi connectivity index (χ0v) is 15.3. The highest BCUT2D eigenvalue weighted by atomic mass is 35.5. The third kappa shape index (κ3) is 4.86. The van der Waals surface area contributed by atoms with Gasteiger partial charge in [0.1, 0.15) is 0 Å². The van der Waals surface area contributed by atoms with Gasteiger partial charge in [-0.3, -0.25) is 0 Å². The fraction of sp³-hybridized carbons (Fsp3) is 0.478. The van der Waals surface area contributed by atoms with Crippen molar-refractivity contribution in [3.8, 4) is 11.1 Å². The summed E-state index contributed by atoms with van der Waals surface area (Å²) in [6.45, 7) is 2.28. The van der Waals surface area contributed by atoms with Crippen LogP contribution >= 0.6 is 11.6 Å². The molecule has 1 saturated carbocycles. The second-order valence-corrected chi connectivity index (χ2v) is 7.48. The van der Waals surface area contributed by atoms with Crippen LogP contribution in [-0.4, -0.2) is 0 Å². The molecule has 128 valence electrons. The minimum absolute atomic E-state index is 0.0809. The molecule has 0 unspecified atom stereocenters. The molecular formula is C23H29Cl. The van der Waals surface area contributed by atoms with Gasteiger partial charge in [-0.2, -0.15) is 0 Å². The Labute approximate surface area is 157 Å². The SMILES string of the molecule is [2H]c1c([2H])c(-c2ccc(CCC3CCC(CCC)CC3)cc2)c([2H])c([2H])c1Cl. The Balaban J connectivity index is 1.65. The minimum atomic E-state index is -0.180. The van der Waals surface area contributed by atoms with Gasteiger partial charge in [0.05, 0.1) is 5.48 Å². The summed E-state index contributed by atoms with van der Waals surface area (Å²) in [6.07, 6.45) is 10.5. The van der Waals surface area contributed by atoms with Crippen LogP contribution in [0.15, 0.2) is 48.4 Å². The predicted octanol–water partition coefficient (Wildman–Crippen LogP) is 7.55. The van der Waals surface area contributed by atoms with E-state index >= 15 is 0 Å². The van der Waals surface area contributed by atoms with E-state index in [4.69, 9.17) is 17.1 Å². The van der Waals surface area contributed by atoms with Gasteiger partial charge in [0.25, 0.3) is 0 Å². The van der Waals surface area contributed by atoms with Crippen LogP contribution in [0.5, 0.6) is 0 Å². The predicted molar refractivity (Wildman–Crippen MR) is 106 cm³/mol. The molecule has 0 heterocycles. The molecule has 3 rings (SSSR count). The Bertz CT molecular complexity index is 779. The highest BCUT2D eigenvalue weighted by molar-refractivity contribution is 6.30. The second-order valence-electron chi connectivity index (χ2n) is 7.10.